The Hall–Kier alpha value is -1.66. The summed E-state index contributed by atoms with van der Waals surface area (Å²) in [7, 11) is 4.52. The molecule has 1 rings (SSSR count). The van der Waals surface area contributed by atoms with Crippen molar-refractivity contribution in [1.82, 2.24) is 10.3 Å². The van der Waals surface area contributed by atoms with E-state index < -0.39 is 6.29 Å². The number of carbonyl (C=O) groups excluding carboxylic acids is 1. The summed E-state index contributed by atoms with van der Waals surface area (Å²) in [6.45, 7) is 0.274. The molecule has 0 saturated heterocycles. The molecular weight excluding hydrogens is 224 g/mol. The van der Waals surface area contributed by atoms with Crippen LogP contribution in [0.2, 0.25) is 0 Å². The predicted octanol–water partition coefficient (Wildman–Crippen LogP) is 0.439. The number of aromatic nitrogens is 1. The van der Waals surface area contributed by atoms with Gasteiger partial charge in [-0.05, 0) is 6.07 Å². The lowest BCUT2D eigenvalue weighted by atomic mass is 10.2. The van der Waals surface area contributed by atoms with E-state index in [9.17, 15) is 4.79 Å². The fraction of sp³-hybridized carbons (Fsp3) is 0.455. The number of rotatable bonds is 6. The van der Waals surface area contributed by atoms with E-state index in [4.69, 9.17) is 14.2 Å². The number of nitrogens with one attached hydrogen (secondary N) is 1. The highest BCUT2D eigenvalue weighted by atomic mass is 16.7. The lowest BCUT2D eigenvalue weighted by Crippen LogP contribution is -2.34. The molecule has 0 aliphatic carbocycles. The second kappa shape index (κ2) is 6.82. The Labute approximate surface area is 99.9 Å². The minimum atomic E-state index is -0.456. The molecule has 1 heterocycles. The Morgan fingerprint density at radius 1 is 1.41 bits per heavy atom. The van der Waals surface area contributed by atoms with E-state index in [1.54, 1.807) is 12.1 Å². The minimum absolute atomic E-state index is 0.232. The highest BCUT2D eigenvalue weighted by Gasteiger charge is 2.10. The Kier molecular flexibility index (Phi) is 5.38. The van der Waals surface area contributed by atoms with Gasteiger partial charge in [-0.2, -0.15) is 0 Å². The number of methoxy groups -OCH3 is 3. The molecule has 0 radical (unpaired) electrons. The third kappa shape index (κ3) is 4.01. The fourth-order valence-corrected chi connectivity index (χ4v) is 1.20. The first-order valence-corrected chi connectivity index (χ1v) is 5.05. The van der Waals surface area contributed by atoms with Gasteiger partial charge in [0.2, 0.25) is 5.88 Å². The van der Waals surface area contributed by atoms with Crippen molar-refractivity contribution in [3.8, 4) is 5.88 Å². The lowest BCUT2D eigenvalue weighted by molar-refractivity contribution is -0.0974. The van der Waals surface area contributed by atoms with Gasteiger partial charge in [0, 0.05) is 32.0 Å². The maximum Gasteiger partial charge on any atom is 0.251 e. The number of pyridine rings is 1. The summed E-state index contributed by atoms with van der Waals surface area (Å²) in [4.78, 5) is 15.7. The smallest absolute Gasteiger partial charge is 0.251 e. The highest BCUT2D eigenvalue weighted by molar-refractivity contribution is 5.94. The molecule has 0 atom stereocenters. The maximum absolute atomic E-state index is 11.7. The summed E-state index contributed by atoms with van der Waals surface area (Å²) < 4.78 is 14.8. The van der Waals surface area contributed by atoms with Crippen LogP contribution < -0.4 is 10.1 Å². The molecule has 0 bridgehead atoms. The molecule has 6 nitrogen and oxygen atoms in total. The van der Waals surface area contributed by atoms with Gasteiger partial charge < -0.3 is 19.5 Å². The SMILES string of the molecule is COc1cc(C(=O)NCC(OC)OC)ccn1. The molecule has 1 N–H and O–H groups in total. The van der Waals surface area contributed by atoms with Gasteiger partial charge in [-0.25, -0.2) is 4.98 Å². The summed E-state index contributed by atoms with van der Waals surface area (Å²) in [5, 5.41) is 2.68. The molecule has 6 heteroatoms. The van der Waals surface area contributed by atoms with Crippen LogP contribution >= 0.6 is 0 Å². The van der Waals surface area contributed by atoms with E-state index in [1.807, 2.05) is 0 Å². The number of hydrogen-bond acceptors (Lipinski definition) is 5. The number of amides is 1. The van der Waals surface area contributed by atoms with E-state index in [0.717, 1.165) is 0 Å². The van der Waals surface area contributed by atoms with Gasteiger partial charge in [0.1, 0.15) is 0 Å². The van der Waals surface area contributed by atoms with Crippen LogP contribution in [0, 0.1) is 0 Å². The Morgan fingerprint density at radius 2 is 2.12 bits per heavy atom. The lowest BCUT2D eigenvalue weighted by Gasteiger charge is -2.14. The zero-order valence-electron chi connectivity index (χ0n) is 10.1. The van der Waals surface area contributed by atoms with Gasteiger partial charge in [-0.3, -0.25) is 4.79 Å². The van der Waals surface area contributed by atoms with Crippen LogP contribution in [0.3, 0.4) is 0 Å². The molecule has 0 aromatic carbocycles. The first-order chi connectivity index (χ1) is 8.21. The summed E-state index contributed by atoms with van der Waals surface area (Å²) in [5.74, 6) is 0.164. The number of hydrogen-bond donors (Lipinski definition) is 1. The molecule has 17 heavy (non-hydrogen) atoms. The normalized spacial score (nSPS) is 10.4. The zero-order chi connectivity index (χ0) is 12.7. The molecule has 0 spiro atoms. The molecule has 0 fully saturated rings. The van der Waals surface area contributed by atoms with E-state index in [0.29, 0.717) is 11.4 Å². The van der Waals surface area contributed by atoms with Crippen molar-refractivity contribution in [2.45, 2.75) is 6.29 Å². The minimum Gasteiger partial charge on any atom is -0.481 e. The van der Waals surface area contributed by atoms with Crippen molar-refractivity contribution < 1.29 is 19.0 Å². The second-order valence-corrected chi connectivity index (χ2v) is 3.20. The van der Waals surface area contributed by atoms with Crippen LogP contribution in [-0.4, -0.2) is 45.1 Å². The van der Waals surface area contributed by atoms with Crippen molar-refractivity contribution >= 4 is 5.91 Å². The predicted molar refractivity (Wildman–Crippen MR) is 60.9 cm³/mol. The molecule has 0 unspecified atom stereocenters. The highest BCUT2D eigenvalue weighted by Crippen LogP contribution is 2.08. The first-order valence-electron chi connectivity index (χ1n) is 5.05. The van der Waals surface area contributed by atoms with E-state index in [2.05, 4.69) is 10.3 Å². The van der Waals surface area contributed by atoms with E-state index >= 15 is 0 Å². The number of nitrogens with zero attached hydrogens (tertiary/aromatic N) is 1. The molecule has 0 saturated carbocycles. The maximum atomic E-state index is 11.7. The van der Waals surface area contributed by atoms with Crippen molar-refractivity contribution in [3.63, 3.8) is 0 Å². The molecule has 0 aliphatic rings. The second-order valence-electron chi connectivity index (χ2n) is 3.20. The molecule has 1 aromatic rings. The van der Waals surface area contributed by atoms with Crippen LogP contribution in [0.4, 0.5) is 0 Å². The molecular formula is C11H16N2O4. The molecule has 1 amide bonds. The quantitative estimate of drug-likeness (QED) is 0.731. The standard InChI is InChI=1S/C11H16N2O4/c1-15-9-6-8(4-5-12-9)11(14)13-7-10(16-2)17-3/h4-6,10H,7H2,1-3H3,(H,13,14). The largest absolute Gasteiger partial charge is 0.481 e. The van der Waals surface area contributed by atoms with Crippen LogP contribution in [0.5, 0.6) is 5.88 Å². The molecule has 94 valence electrons. The third-order valence-electron chi connectivity index (χ3n) is 2.16. The van der Waals surface area contributed by atoms with E-state index in [-0.39, 0.29) is 12.5 Å². The van der Waals surface area contributed by atoms with Crippen LogP contribution in [0.1, 0.15) is 10.4 Å². The van der Waals surface area contributed by atoms with Crippen molar-refractivity contribution in [3.05, 3.63) is 23.9 Å². The molecule has 0 aliphatic heterocycles. The summed E-state index contributed by atoms with van der Waals surface area (Å²) >= 11 is 0. The number of carbonyl (C=O) groups is 1. The van der Waals surface area contributed by atoms with Crippen LogP contribution in [-0.2, 0) is 9.47 Å². The van der Waals surface area contributed by atoms with Crippen LogP contribution in [0.25, 0.3) is 0 Å². The van der Waals surface area contributed by atoms with Gasteiger partial charge >= 0.3 is 0 Å². The average molecular weight is 240 g/mol. The summed E-state index contributed by atoms with van der Waals surface area (Å²) in [6, 6.07) is 3.16. The Morgan fingerprint density at radius 3 is 2.71 bits per heavy atom. The van der Waals surface area contributed by atoms with E-state index in [1.165, 1.54) is 27.5 Å². The topological polar surface area (TPSA) is 69.7 Å². The average Bonchev–Trinajstić information content (AvgIpc) is 2.39. The van der Waals surface area contributed by atoms with Crippen molar-refractivity contribution in [2.75, 3.05) is 27.9 Å². The van der Waals surface area contributed by atoms with Gasteiger partial charge in [0.15, 0.2) is 6.29 Å². The fourth-order valence-electron chi connectivity index (χ4n) is 1.20. The van der Waals surface area contributed by atoms with Gasteiger partial charge in [-0.15, -0.1) is 0 Å². The van der Waals surface area contributed by atoms with Crippen LogP contribution in [0.15, 0.2) is 18.3 Å². The number of ether oxygens (including phenoxy) is 3. The zero-order valence-corrected chi connectivity index (χ0v) is 10.1. The monoisotopic (exact) mass is 240 g/mol. The Balaban J connectivity index is 2.57. The van der Waals surface area contributed by atoms with Crippen molar-refractivity contribution in [1.29, 1.82) is 0 Å². The first kappa shape index (κ1) is 13.4. The Bertz CT molecular complexity index is 366. The van der Waals surface area contributed by atoms with Gasteiger partial charge in [0.25, 0.3) is 5.91 Å². The summed E-state index contributed by atoms with van der Waals surface area (Å²) in [5.41, 5.74) is 0.475. The third-order valence-corrected chi connectivity index (χ3v) is 2.16. The summed E-state index contributed by atoms with van der Waals surface area (Å²) in [6.07, 6.45) is 1.06. The van der Waals surface area contributed by atoms with Crippen molar-refractivity contribution in [2.24, 2.45) is 0 Å². The molecule has 1 aromatic heterocycles. The van der Waals surface area contributed by atoms with Gasteiger partial charge in [-0.1, -0.05) is 0 Å². The van der Waals surface area contributed by atoms with Gasteiger partial charge in [0.05, 0.1) is 13.7 Å².